The SMILES string of the molecule is COc1cc(NC(=O)CNC(=O)CNC(=O)[C@@H]([NH3+])CC(C)C)cc2ccccc12. The van der Waals surface area contributed by atoms with E-state index in [9.17, 15) is 14.4 Å². The van der Waals surface area contributed by atoms with Gasteiger partial charge in [-0.1, -0.05) is 38.1 Å². The molecule has 0 saturated heterocycles. The van der Waals surface area contributed by atoms with Crippen molar-refractivity contribution in [3.8, 4) is 5.75 Å². The number of fused-ring (bicyclic) bond motifs is 1. The maximum Gasteiger partial charge on any atom is 0.278 e. The van der Waals surface area contributed by atoms with Gasteiger partial charge in [-0.3, -0.25) is 14.4 Å². The lowest BCUT2D eigenvalue weighted by Gasteiger charge is -2.12. The van der Waals surface area contributed by atoms with Crippen LogP contribution in [0.5, 0.6) is 5.75 Å². The zero-order chi connectivity index (χ0) is 21.4. The average molecular weight is 401 g/mol. The molecule has 6 N–H and O–H groups in total. The van der Waals surface area contributed by atoms with Gasteiger partial charge in [-0.05, 0) is 17.4 Å². The highest BCUT2D eigenvalue weighted by atomic mass is 16.5. The molecule has 0 unspecified atom stereocenters. The first-order valence-corrected chi connectivity index (χ1v) is 9.54. The molecule has 8 heteroatoms. The Morgan fingerprint density at radius 1 is 1.03 bits per heavy atom. The lowest BCUT2D eigenvalue weighted by Crippen LogP contribution is -2.68. The summed E-state index contributed by atoms with van der Waals surface area (Å²) in [5.74, 6) is -0.108. The van der Waals surface area contributed by atoms with Crippen molar-refractivity contribution in [3.05, 3.63) is 36.4 Å². The van der Waals surface area contributed by atoms with Gasteiger partial charge in [-0.15, -0.1) is 0 Å². The summed E-state index contributed by atoms with van der Waals surface area (Å²) in [4.78, 5) is 35.9. The number of quaternary nitrogens is 1. The third kappa shape index (κ3) is 6.76. The van der Waals surface area contributed by atoms with Gasteiger partial charge in [-0.25, -0.2) is 0 Å². The fourth-order valence-electron chi connectivity index (χ4n) is 2.95. The number of hydrogen-bond acceptors (Lipinski definition) is 4. The van der Waals surface area contributed by atoms with Crippen molar-refractivity contribution in [2.75, 3.05) is 25.5 Å². The smallest absolute Gasteiger partial charge is 0.278 e. The first kappa shape index (κ1) is 22.2. The van der Waals surface area contributed by atoms with Crippen LogP contribution in [0.2, 0.25) is 0 Å². The van der Waals surface area contributed by atoms with Gasteiger partial charge in [-0.2, -0.15) is 0 Å². The third-order valence-corrected chi connectivity index (χ3v) is 4.32. The molecule has 8 nitrogen and oxygen atoms in total. The standard InChI is InChI=1S/C21H28N4O4/c1-13(2)8-17(22)21(28)24-11-19(26)23-12-20(27)25-15-9-14-6-4-5-7-16(14)18(10-15)29-3/h4-7,9-10,13,17H,8,11-12,22H2,1-3H3,(H,23,26)(H,24,28)(H,25,27)/p+1/t17-/m0/s1. The Labute approximate surface area is 170 Å². The van der Waals surface area contributed by atoms with E-state index in [0.29, 0.717) is 23.8 Å². The van der Waals surface area contributed by atoms with Gasteiger partial charge >= 0.3 is 0 Å². The Bertz CT molecular complexity index is 882. The number of anilines is 1. The molecule has 0 aliphatic carbocycles. The maximum atomic E-state index is 12.2. The van der Waals surface area contributed by atoms with Gasteiger partial charge in [0.25, 0.3) is 5.91 Å². The van der Waals surface area contributed by atoms with Crippen LogP contribution in [0.3, 0.4) is 0 Å². The van der Waals surface area contributed by atoms with Crippen LogP contribution >= 0.6 is 0 Å². The van der Waals surface area contributed by atoms with E-state index >= 15 is 0 Å². The van der Waals surface area contributed by atoms with E-state index in [2.05, 4.69) is 21.7 Å². The topological polar surface area (TPSA) is 124 Å². The van der Waals surface area contributed by atoms with Crippen molar-refractivity contribution in [3.63, 3.8) is 0 Å². The molecule has 0 bridgehead atoms. The molecule has 0 radical (unpaired) electrons. The molecule has 1 atom stereocenters. The minimum atomic E-state index is -0.443. The van der Waals surface area contributed by atoms with E-state index in [1.807, 2.05) is 44.2 Å². The van der Waals surface area contributed by atoms with Gasteiger partial charge < -0.3 is 26.4 Å². The molecular weight excluding hydrogens is 372 g/mol. The molecule has 156 valence electrons. The monoisotopic (exact) mass is 401 g/mol. The number of ether oxygens (including phenoxy) is 1. The van der Waals surface area contributed by atoms with Gasteiger partial charge in [0.2, 0.25) is 11.8 Å². The van der Waals surface area contributed by atoms with Gasteiger partial charge in [0.15, 0.2) is 6.04 Å². The largest absolute Gasteiger partial charge is 0.496 e. The predicted octanol–water partition coefficient (Wildman–Crippen LogP) is 0.676. The molecule has 0 saturated carbocycles. The molecule has 2 aromatic carbocycles. The summed E-state index contributed by atoms with van der Waals surface area (Å²) >= 11 is 0. The first-order chi connectivity index (χ1) is 13.8. The molecule has 29 heavy (non-hydrogen) atoms. The van der Waals surface area contributed by atoms with Crippen molar-refractivity contribution in [2.24, 2.45) is 5.92 Å². The van der Waals surface area contributed by atoms with E-state index in [1.54, 1.807) is 13.2 Å². The Hall–Kier alpha value is -3.13. The summed E-state index contributed by atoms with van der Waals surface area (Å²) in [5.41, 5.74) is 4.37. The predicted molar refractivity (Wildman–Crippen MR) is 111 cm³/mol. The molecule has 3 amide bonds. The molecule has 0 heterocycles. The second kappa shape index (κ2) is 10.4. The fraction of sp³-hybridized carbons (Fsp3) is 0.381. The number of nitrogens with one attached hydrogen (secondary N) is 3. The number of rotatable bonds is 9. The average Bonchev–Trinajstić information content (AvgIpc) is 2.69. The first-order valence-electron chi connectivity index (χ1n) is 9.54. The minimum Gasteiger partial charge on any atom is -0.496 e. The fourth-order valence-corrected chi connectivity index (χ4v) is 2.95. The number of methoxy groups -OCH3 is 1. The molecule has 2 aromatic rings. The Balaban J connectivity index is 1.83. The molecule has 0 fully saturated rings. The van der Waals surface area contributed by atoms with E-state index < -0.39 is 11.9 Å². The van der Waals surface area contributed by atoms with E-state index in [1.165, 1.54) is 0 Å². The summed E-state index contributed by atoms with van der Waals surface area (Å²) in [5, 5.41) is 9.63. The Kier molecular flexibility index (Phi) is 7.97. The van der Waals surface area contributed by atoms with Crippen LogP contribution in [0, 0.1) is 5.92 Å². The second-order valence-corrected chi connectivity index (χ2v) is 7.27. The summed E-state index contributed by atoms with van der Waals surface area (Å²) in [6.45, 7) is 3.60. The van der Waals surface area contributed by atoms with Crippen LogP contribution in [-0.4, -0.2) is 44.0 Å². The van der Waals surface area contributed by atoms with Crippen molar-refractivity contribution in [1.29, 1.82) is 0 Å². The van der Waals surface area contributed by atoms with E-state index in [4.69, 9.17) is 4.74 Å². The van der Waals surface area contributed by atoms with Gasteiger partial charge in [0.05, 0.1) is 20.2 Å². The number of carbonyl (C=O) groups is 3. The highest BCUT2D eigenvalue weighted by molar-refractivity contribution is 5.99. The molecule has 2 rings (SSSR count). The molecule has 0 aromatic heterocycles. The van der Waals surface area contributed by atoms with Crippen LogP contribution in [0.25, 0.3) is 10.8 Å². The summed E-state index contributed by atoms with van der Waals surface area (Å²) in [6.07, 6.45) is 0.644. The summed E-state index contributed by atoms with van der Waals surface area (Å²) < 4.78 is 5.38. The van der Waals surface area contributed by atoms with Crippen molar-refractivity contribution < 1.29 is 24.9 Å². The quantitative estimate of drug-likeness (QED) is 0.493. The van der Waals surface area contributed by atoms with Crippen LogP contribution < -0.4 is 26.4 Å². The van der Waals surface area contributed by atoms with Crippen LogP contribution in [0.4, 0.5) is 5.69 Å². The summed E-state index contributed by atoms with van der Waals surface area (Å²) in [7, 11) is 1.57. The molecule has 0 aliphatic heterocycles. The third-order valence-electron chi connectivity index (χ3n) is 4.32. The van der Waals surface area contributed by atoms with Gasteiger partial charge in [0.1, 0.15) is 5.75 Å². The number of hydrogen-bond donors (Lipinski definition) is 4. The number of carbonyl (C=O) groups excluding carboxylic acids is 3. The van der Waals surface area contributed by atoms with Crippen LogP contribution in [-0.2, 0) is 14.4 Å². The Morgan fingerprint density at radius 3 is 2.41 bits per heavy atom. The van der Waals surface area contributed by atoms with Crippen LogP contribution in [0.1, 0.15) is 20.3 Å². The molecule has 0 aliphatic rings. The van der Waals surface area contributed by atoms with Crippen molar-refractivity contribution in [2.45, 2.75) is 26.3 Å². The normalized spacial score (nSPS) is 11.8. The number of amides is 3. The Morgan fingerprint density at radius 2 is 1.72 bits per heavy atom. The zero-order valence-electron chi connectivity index (χ0n) is 17.1. The zero-order valence-corrected chi connectivity index (χ0v) is 17.1. The van der Waals surface area contributed by atoms with E-state index in [-0.39, 0.29) is 24.9 Å². The van der Waals surface area contributed by atoms with Gasteiger partial charge in [0, 0.05) is 23.6 Å². The van der Waals surface area contributed by atoms with Crippen molar-refractivity contribution in [1.82, 2.24) is 10.6 Å². The van der Waals surface area contributed by atoms with E-state index in [0.717, 1.165) is 10.8 Å². The highest BCUT2D eigenvalue weighted by Gasteiger charge is 2.19. The molecule has 0 spiro atoms. The number of benzene rings is 2. The lowest BCUT2D eigenvalue weighted by atomic mass is 10.0. The minimum absolute atomic E-state index is 0.194. The molecular formula is C21H29N4O4+. The van der Waals surface area contributed by atoms with Crippen LogP contribution in [0.15, 0.2) is 36.4 Å². The summed E-state index contributed by atoms with van der Waals surface area (Å²) in [6, 6.07) is 10.8. The highest BCUT2D eigenvalue weighted by Crippen LogP contribution is 2.29. The van der Waals surface area contributed by atoms with Crippen molar-refractivity contribution >= 4 is 34.2 Å². The second-order valence-electron chi connectivity index (χ2n) is 7.27. The maximum absolute atomic E-state index is 12.2. The lowest BCUT2D eigenvalue weighted by molar-refractivity contribution is -0.406.